The Morgan fingerprint density at radius 2 is 2.10 bits per heavy atom. The molecule has 0 heterocycles. The molecule has 21 heavy (non-hydrogen) atoms. The lowest BCUT2D eigenvalue weighted by Crippen LogP contribution is -2.42. The van der Waals surface area contributed by atoms with E-state index in [9.17, 15) is 14.9 Å². The van der Waals surface area contributed by atoms with Crippen LogP contribution in [-0.2, 0) is 0 Å². The summed E-state index contributed by atoms with van der Waals surface area (Å²) in [5, 5.41) is 14.1. The number of benzene rings is 1. The first-order valence-electron chi connectivity index (χ1n) is 6.83. The molecule has 0 saturated heterocycles. The molecule has 0 spiro atoms. The Hall–Kier alpha value is -1.33. The number of carbonyl (C=O) groups is 1. The van der Waals surface area contributed by atoms with Crippen LogP contribution in [0.5, 0.6) is 0 Å². The second-order valence-corrected chi connectivity index (χ2v) is 5.94. The molecule has 1 saturated carbocycles. The molecule has 2 atom stereocenters. The number of rotatable bonds is 4. The lowest BCUT2D eigenvalue weighted by Gasteiger charge is -2.30. The van der Waals surface area contributed by atoms with Crippen LogP contribution < -0.4 is 5.32 Å². The van der Waals surface area contributed by atoms with Gasteiger partial charge in [-0.25, -0.2) is 0 Å². The minimum atomic E-state index is -0.597. The summed E-state index contributed by atoms with van der Waals surface area (Å²) in [5.41, 5.74) is -0.249. The quantitative estimate of drug-likeness (QED) is 0.518. The molecule has 2 rings (SSSR count). The van der Waals surface area contributed by atoms with E-state index in [-0.39, 0.29) is 28.2 Å². The van der Waals surface area contributed by atoms with E-state index in [1.165, 1.54) is 18.2 Å². The molecule has 7 heteroatoms. The second-order valence-electron chi connectivity index (χ2n) is 5.20. The first kappa shape index (κ1) is 16.0. The van der Waals surface area contributed by atoms with Gasteiger partial charge in [-0.15, -0.1) is 11.6 Å². The SMILES string of the molecule is O=C(NC1CCCCC1CCl)c1ccc(Cl)cc1[N+](=O)[O-]. The first-order chi connectivity index (χ1) is 10.0. The number of hydrogen-bond acceptors (Lipinski definition) is 3. The highest BCUT2D eigenvalue weighted by Crippen LogP contribution is 2.27. The zero-order chi connectivity index (χ0) is 15.4. The van der Waals surface area contributed by atoms with Crippen molar-refractivity contribution in [3.8, 4) is 0 Å². The van der Waals surface area contributed by atoms with Crippen LogP contribution in [0.25, 0.3) is 0 Å². The fraction of sp³-hybridized carbons (Fsp3) is 0.500. The van der Waals surface area contributed by atoms with Gasteiger partial charge in [0.15, 0.2) is 0 Å². The molecule has 0 aliphatic heterocycles. The first-order valence-corrected chi connectivity index (χ1v) is 7.75. The van der Waals surface area contributed by atoms with E-state index >= 15 is 0 Å². The summed E-state index contributed by atoms with van der Waals surface area (Å²) in [7, 11) is 0. The van der Waals surface area contributed by atoms with Crippen molar-refractivity contribution in [2.75, 3.05) is 5.88 Å². The van der Waals surface area contributed by atoms with Crippen LogP contribution >= 0.6 is 23.2 Å². The van der Waals surface area contributed by atoms with Gasteiger partial charge in [-0.05, 0) is 30.9 Å². The molecular weight excluding hydrogens is 315 g/mol. The van der Waals surface area contributed by atoms with Gasteiger partial charge >= 0.3 is 0 Å². The van der Waals surface area contributed by atoms with Crippen LogP contribution in [0.2, 0.25) is 5.02 Å². The van der Waals surface area contributed by atoms with E-state index in [1.54, 1.807) is 0 Å². The third-order valence-corrected chi connectivity index (χ3v) is 4.46. The van der Waals surface area contributed by atoms with Crippen molar-refractivity contribution in [1.29, 1.82) is 0 Å². The average molecular weight is 331 g/mol. The topological polar surface area (TPSA) is 72.2 Å². The number of amides is 1. The molecule has 0 radical (unpaired) electrons. The maximum Gasteiger partial charge on any atom is 0.283 e. The molecule has 5 nitrogen and oxygen atoms in total. The molecule has 1 aromatic carbocycles. The highest BCUT2D eigenvalue weighted by Gasteiger charge is 2.28. The minimum absolute atomic E-state index is 0.0287. The Morgan fingerprint density at radius 1 is 1.38 bits per heavy atom. The molecule has 0 bridgehead atoms. The predicted molar refractivity (Wildman–Crippen MR) is 82.0 cm³/mol. The number of carbonyl (C=O) groups excluding carboxylic acids is 1. The van der Waals surface area contributed by atoms with E-state index < -0.39 is 10.8 Å². The number of nitrogens with zero attached hydrogens (tertiary/aromatic N) is 1. The highest BCUT2D eigenvalue weighted by atomic mass is 35.5. The smallest absolute Gasteiger partial charge is 0.283 e. The average Bonchev–Trinajstić information content (AvgIpc) is 2.47. The van der Waals surface area contributed by atoms with Crippen molar-refractivity contribution >= 4 is 34.8 Å². The van der Waals surface area contributed by atoms with E-state index in [0.29, 0.717) is 5.88 Å². The molecule has 2 unspecified atom stereocenters. The van der Waals surface area contributed by atoms with Crippen LogP contribution in [0.4, 0.5) is 5.69 Å². The van der Waals surface area contributed by atoms with Crippen molar-refractivity contribution in [2.24, 2.45) is 5.92 Å². The number of nitrogens with one attached hydrogen (secondary N) is 1. The van der Waals surface area contributed by atoms with Gasteiger partial charge in [-0.2, -0.15) is 0 Å². The van der Waals surface area contributed by atoms with Gasteiger partial charge in [0, 0.05) is 23.0 Å². The monoisotopic (exact) mass is 330 g/mol. The Labute approximate surface area is 132 Å². The normalized spacial score (nSPS) is 21.8. The summed E-state index contributed by atoms with van der Waals surface area (Å²) in [5.74, 6) is 0.254. The van der Waals surface area contributed by atoms with Gasteiger partial charge in [0.1, 0.15) is 5.56 Å². The molecule has 114 valence electrons. The second kappa shape index (κ2) is 7.09. The van der Waals surface area contributed by atoms with Gasteiger partial charge in [0.05, 0.1) is 4.92 Å². The van der Waals surface area contributed by atoms with Crippen LogP contribution in [0.15, 0.2) is 18.2 Å². The van der Waals surface area contributed by atoms with E-state index in [2.05, 4.69) is 5.32 Å². The summed E-state index contributed by atoms with van der Waals surface area (Å²) < 4.78 is 0. The van der Waals surface area contributed by atoms with Crippen LogP contribution in [0.1, 0.15) is 36.0 Å². The number of nitro benzene ring substituents is 1. The Balaban J connectivity index is 2.18. The Kier molecular flexibility index (Phi) is 5.42. The molecule has 1 aliphatic rings. The number of hydrogen-bond donors (Lipinski definition) is 1. The van der Waals surface area contributed by atoms with Crippen molar-refractivity contribution in [2.45, 2.75) is 31.7 Å². The maximum absolute atomic E-state index is 12.3. The molecular formula is C14H16Cl2N2O3. The van der Waals surface area contributed by atoms with Crippen molar-refractivity contribution < 1.29 is 9.72 Å². The van der Waals surface area contributed by atoms with Gasteiger partial charge in [0.25, 0.3) is 11.6 Å². The zero-order valence-corrected chi connectivity index (χ0v) is 12.9. The van der Waals surface area contributed by atoms with Crippen LogP contribution in [-0.4, -0.2) is 22.8 Å². The van der Waals surface area contributed by atoms with E-state index in [1.807, 2.05) is 0 Å². The summed E-state index contributed by atoms with van der Waals surface area (Å²) >= 11 is 11.7. The third kappa shape index (κ3) is 3.86. The van der Waals surface area contributed by atoms with Gasteiger partial charge < -0.3 is 5.32 Å². The largest absolute Gasteiger partial charge is 0.349 e. The molecule has 1 N–H and O–H groups in total. The molecule has 1 aliphatic carbocycles. The standard InChI is InChI=1S/C14H16Cl2N2O3/c15-8-9-3-1-2-4-12(9)17-14(19)11-6-5-10(16)7-13(11)18(20)21/h5-7,9,12H,1-4,8H2,(H,17,19). The lowest BCUT2D eigenvalue weighted by atomic mass is 9.85. The predicted octanol–water partition coefficient (Wildman–Crippen LogP) is 3.78. The van der Waals surface area contributed by atoms with E-state index in [4.69, 9.17) is 23.2 Å². The summed E-state index contributed by atoms with van der Waals surface area (Å²) in [4.78, 5) is 22.7. The van der Waals surface area contributed by atoms with Crippen LogP contribution in [0.3, 0.4) is 0 Å². The number of nitro groups is 1. The molecule has 1 fully saturated rings. The zero-order valence-electron chi connectivity index (χ0n) is 11.4. The van der Waals surface area contributed by atoms with Crippen molar-refractivity contribution in [1.82, 2.24) is 5.32 Å². The lowest BCUT2D eigenvalue weighted by molar-refractivity contribution is -0.385. The third-order valence-electron chi connectivity index (χ3n) is 3.82. The van der Waals surface area contributed by atoms with Crippen molar-refractivity contribution in [3.05, 3.63) is 38.9 Å². The Morgan fingerprint density at radius 3 is 2.76 bits per heavy atom. The number of alkyl halides is 1. The van der Waals surface area contributed by atoms with E-state index in [0.717, 1.165) is 25.7 Å². The number of halogens is 2. The van der Waals surface area contributed by atoms with Crippen LogP contribution in [0, 0.1) is 16.0 Å². The fourth-order valence-corrected chi connectivity index (χ4v) is 3.21. The Bertz CT molecular complexity index is 551. The van der Waals surface area contributed by atoms with Crippen molar-refractivity contribution in [3.63, 3.8) is 0 Å². The van der Waals surface area contributed by atoms with Gasteiger partial charge in [-0.1, -0.05) is 24.4 Å². The maximum atomic E-state index is 12.3. The molecule has 0 aromatic heterocycles. The summed E-state index contributed by atoms with van der Waals surface area (Å²) in [6.45, 7) is 0. The molecule has 1 amide bonds. The van der Waals surface area contributed by atoms with Gasteiger partial charge in [-0.3, -0.25) is 14.9 Å². The molecule has 1 aromatic rings. The minimum Gasteiger partial charge on any atom is -0.349 e. The summed E-state index contributed by atoms with van der Waals surface area (Å²) in [6.07, 6.45) is 3.95. The fourth-order valence-electron chi connectivity index (χ4n) is 2.68. The highest BCUT2D eigenvalue weighted by molar-refractivity contribution is 6.31. The summed E-state index contributed by atoms with van der Waals surface area (Å²) in [6, 6.07) is 4.02. The van der Waals surface area contributed by atoms with Gasteiger partial charge in [0.2, 0.25) is 0 Å².